The van der Waals surface area contributed by atoms with Crippen molar-refractivity contribution in [3.8, 4) is 34.3 Å². The molecule has 3 heterocycles. The lowest BCUT2D eigenvalue weighted by atomic mass is 9.98. The summed E-state index contributed by atoms with van der Waals surface area (Å²) < 4.78 is 28.1. The van der Waals surface area contributed by atoms with Crippen LogP contribution in [0.2, 0.25) is 0 Å². The van der Waals surface area contributed by atoms with Gasteiger partial charge in [0.2, 0.25) is 17.5 Å². The first-order chi connectivity index (χ1) is 19.5. The van der Waals surface area contributed by atoms with Crippen LogP contribution in [0.15, 0.2) is 45.6 Å². The molecule has 2 aromatic carbocycles. The van der Waals surface area contributed by atoms with Gasteiger partial charge in [0.1, 0.15) is 64.8 Å². The van der Waals surface area contributed by atoms with Crippen LogP contribution in [0.3, 0.4) is 0 Å². The number of hydrogen-bond acceptors (Lipinski definition) is 15. The van der Waals surface area contributed by atoms with Crippen molar-refractivity contribution in [1.29, 1.82) is 0 Å². The molecule has 15 heteroatoms. The van der Waals surface area contributed by atoms with Crippen molar-refractivity contribution >= 4 is 11.0 Å². The van der Waals surface area contributed by atoms with Crippen molar-refractivity contribution in [3.63, 3.8) is 0 Å². The lowest BCUT2D eigenvalue weighted by Gasteiger charge is -2.44. The number of aliphatic hydroxyl groups is 6. The van der Waals surface area contributed by atoms with Crippen molar-refractivity contribution < 1.29 is 69.3 Å². The number of phenols is 3. The van der Waals surface area contributed by atoms with Crippen molar-refractivity contribution in [2.45, 2.75) is 55.3 Å². The Labute approximate surface area is 230 Å². The third kappa shape index (κ3) is 5.42. The van der Waals surface area contributed by atoms with Crippen LogP contribution in [-0.2, 0) is 14.2 Å². The maximum atomic E-state index is 13.7. The summed E-state index contributed by atoms with van der Waals surface area (Å²) >= 11 is 0. The fourth-order valence-electron chi connectivity index (χ4n) is 4.64. The summed E-state index contributed by atoms with van der Waals surface area (Å²) in [7, 11) is 0. The minimum absolute atomic E-state index is 0.111. The van der Waals surface area contributed by atoms with Gasteiger partial charge >= 0.3 is 0 Å². The zero-order valence-corrected chi connectivity index (χ0v) is 21.0. The number of phenolic OH excluding ortho intramolecular Hbond substituents is 3. The van der Waals surface area contributed by atoms with Crippen LogP contribution in [0.25, 0.3) is 22.3 Å². The second kappa shape index (κ2) is 11.4. The minimum Gasteiger partial charge on any atom is -0.508 e. The van der Waals surface area contributed by atoms with E-state index in [0.717, 1.165) is 12.1 Å². The van der Waals surface area contributed by atoms with Gasteiger partial charge in [0.15, 0.2) is 18.2 Å². The first kappa shape index (κ1) is 29.0. The van der Waals surface area contributed by atoms with Gasteiger partial charge in [-0.25, -0.2) is 0 Å². The number of hydrogen-bond donors (Lipinski definition) is 9. The smallest absolute Gasteiger partial charge is 0.239 e. The van der Waals surface area contributed by atoms with E-state index in [1.165, 1.54) is 24.3 Å². The second-order valence-electron chi connectivity index (χ2n) is 9.65. The second-order valence-corrected chi connectivity index (χ2v) is 9.65. The Hall–Kier alpha value is -3.51. The average molecular weight is 580 g/mol. The van der Waals surface area contributed by atoms with E-state index in [-0.39, 0.29) is 22.7 Å². The molecule has 41 heavy (non-hydrogen) atoms. The Balaban J connectivity index is 1.60. The molecule has 9 atom stereocenters. The van der Waals surface area contributed by atoms with Crippen LogP contribution < -0.4 is 10.2 Å². The number of benzene rings is 2. The topological polar surface area (TPSA) is 249 Å². The molecule has 15 nitrogen and oxygen atoms in total. The van der Waals surface area contributed by atoms with Crippen LogP contribution >= 0.6 is 0 Å². The first-order valence-corrected chi connectivity index (χ1v) is 12.4. The maximum absolute atomic E-state index is 13.7. The van der Waals surface area contributed by atoms with E-state index in [2.05, 4.69) is 0 Å². The van der Waals surface area contributed by atoms with Crippen LogP contribution in [0, 0.1) is 0 Å². The molecule has 2 fully saturated rings. The normalized spacial score (nSPS) is 32.2. The van der Waals surface area contributed by atoms with E-state index in [1.54, 1.807) is 0 Å². The van der Waals surface area contributed by atoms with Crippen molar-refractivity contribution in [3.05, 3.63) is 46.6 Å². The molecule has 222 valence electrons. The molecule has 3 aromatic rings. The first-order valence-electron chi connectivity index (χ1n) is 12.4. The molecule has 9 N–H and O–H groups in total. The minimum atomic E-state index is -1.86. The summed E-state index contributed by atoms with van der Waals surface area (Å²) in [6.45, 7) is -1.25. The lowest BCUT2D eigenvalue weighted by molar-refractivity contribution is -0.345. The lowest BCUT2D eigenvalue weighted by Crippen LogP contribution is -2.64. The summed E-state index contributed by atoms with van der Waals surface area (Å²) in [6.07, 6.45) is -15.1. The molecule has 2 saturated heterocycles. The van der Waals surface area contributed by atoms with Gasteiger partial charge in [-0.15, -0.1) is 0 Å². The number of aromatic hydroxyl groups is 3. The summed E-state index contributed by atoms with van der Waals surface area (Å²) in [5.41, 5.74) is -0.992. The third-order valence-electron chi connectivity index (χ3n) is 6.85. The molecule has 0 saturated carbocycles. The van der Waals surface area contributed by atoms with Gasteiger partial charge in [0, 0.05) is 17.7 Å². The molecule has 2 aliphatic heterocycles. The zero-order valence-electron chi connectivity index (χ0n) is 21.0. The molecule has 0 bridgehead atoms. The summed E-state index contributed by atoms with van der Waals surface area (Å²) in [4.78, 5) is 13.7. The third-order valence-corrected chi connectivity index (χ3v) is 6.85. The van der Waals surface area contributed by atoms with Crippen LogP contribution in [-0.4, -0.2) is 114 Å². The average Bonchev–Trinajstić information content (AvgIpc) is 2.93. The molecular formula is C26H28O15. The molecule has 5 rings (SSSR count). The Kier molecular flexibility index (Phi) is 8.06. The summed E-state index contributed by atoms with van der Waals surface area (Å²) in [6, 6.07) is 7.30. The van der Waals surface area contributed by atoms with E-state index < -0.39 is 96.6 Å². The van der Waals surface area contributed by atoms with Gasteiger partial charge in [0.05, 0.1) is 13.2 Å². The van der Waals surface area contributed by atoms with Gasteiger partial charge in [-0.05, 0) is 24.3 Å². The molecule has 0 aliphatic carbocycles. The van der Waals surface area contributed by atoms with Crippen molar-refractivity contribution in [2.75, 3.05) is 13.2 Å². The maximum Gasteiger partial charge on any atom is 0.239 e. The Bertz CT molecular complexity index is 1440. The van der Waals surface area contributed by atoms with Crippen LogP contribution in [0.1, 0.15) is 0 Å². The number of fused-ring (bicyclic) bond motifs is 1. The standard InChI is InChI=1S/C26H28O15/c27-7-15-18(33)20(35)24(41-25-21(36)17(32)13(31)8-37-25)26(39-15)40-23-19(34)16-12(30)5-11(29)6-14(16)38-22(23)9-1-3-10(28)4-2-9/h1-6,13,15,17-18,20-21,24-33,35-36H,7-8H2/t13-,15?,17+,18+,20-,21-,24+,25+,26+/m1/s1. The highest BCUT2D eigenvalue weighted by Crippen LogP contribution is 2.38. The van der Waals surface area contributed by atoms with Crippen molar-refractivity contribution in [1.82, 2.24) is 0 Å². The monoisotopic (exact) mass is 580 g/mol. The Morgan fingerprint density at radius 1 is 0.854 bits per heavy atom. The van der Waals surface area contributed by atoms with E-state index in [1.807, 2.05) is 0 Å². The molecular weight excluding hydrogens is 552 g/mol. The summed E-state index contributed by atoms with van der Waals surface area (Å²) in [5.74, 6) is -2.02. The van der Waals surface area contributed by atoms with Crippen LogP contribution in [0.5, 0.6) is 23.0 Å². The van der Waals surface area contributed by atoms with Gasteiger partial charge in [-0.2, -0.15) is 0 Å². The van der Waals surface area contributed by atoms with Crippen molar-refractivity contribution in [2.24, 2.45) is 0 Å². The molecule has 1 aromatic heterocycles. The molecule has 2 aliphatic rings. The highest BCUT2D eigenvalue weighted by atomic mass is 16.8. The van der Waals surface area contributed by atoms with Gasteiger partial charge in [0.25, 0.3) is 0 Å². The predicted molar refractivity (Wildman–Crippen MR) is 134 cm³/mol. The predicted octanol–water partition coefficient (Wildman–Crippen LogP) is -1.78. The quantitative estimate of drug-likeness (QED) is 0.156. The molecule has 0 spiro atoms. The van der Waals surface area contributed by atoms with E-state index >= 15 is 0 Å². The van der Waals surface area contributed by atoms with Gasteiger partial charge in [-0.3, -0.25) is 4.79 Å². The highest BCUT2D eigenvalue weighted by Gasteiger charge is 2.50. The highest BCUT2D eigenvalue weighted by molar-refractivity contribution is 5.88. The Morgan fingerprint density at radius 2 is 1.56 bits per heavy atom. The van der Waals surface area contributed by atoms with E-state index in [0.29, 0.717) is 0 Å². The number of rotatable bonds is 6. The molecule has 0 radical (unpaired) electrons. The van der Waals surface area contributed by atoms with Gasteiger partial charge < -0.3 is 69.3 Å². The fraction of sp³-hybridized carbons (Fsp3) is 0.423. The van der Waals surface area contributed by atoms with Gasteiger partial charge in [-0.1, -0.05) is 0 Å². The summed E-state index contributed by atoms with van der Waals surface area (Å²) in [5, 5.41) is 90.8. The van der Waals surface area contributed by atoms with E-state index in [4.69, 9.17) is 23.4 Å². The largest absolute Gasteiger partial charge is 0.508 e. The number of ether oxygens (including phenoxy) is 4. The number of aliphatic hydroxyl groups excluding tert-OH is 6. The molecule has 0 amide bonds. The molecule has 1 unspecified atom stereocenters. The van der Waals surface area contributed by atoms with Crippen LogP contribution in [0.4, 0.5) is 0 Å². The fourth-order valence-corrected chi connectivity index (χ4v) is 4.64. The zero-order chi connectivity index (χ0) is 29.6. The van der Waals surface area contributed by atoms with E-state index in [9.17, 15) is 50.8 Å². The SMILES string of the molecule is O=c1c(O[C@@H]2OC(CO)[C@H](O)[C@@H](O)[C@@H]2O[C@@H]2OC[C@@H](O)[C@H](O)[C@H]2O)c(-c2ccc(O)cc2)oc2cc(O)cc(O)c12. The Morgan fingerprint density at radius 3 is 2.24 bits per heavy atom.